The average Bonchev–Trinajstić information content (AvgIpc) is 3.02. The van der Waals surface area contributed by atoms with Gasteiger partial charge in [0.25, 0.3) is 0 Å². The summed E-state index contributed by atoms with van der Waals surface area (Å²) in [5.74, 6) is -1.07. The first-order chi connectivity index (χ1) is 21.8. The lowest BCUT2D eigenvalue weighted by Crippen LogP contribution is -2.57. The largest absolute Gasteiger partial charge is 0.392 e. The van der Waals surface area contributed by atoms with Gasteiger partial charge >= 0.3 is 0 Å². The molecule has 8 nitrogen and oxygen atoms in total. The summed E-state index contributed by atoms with van der Waals surface area (Å²) in [6.07, 6.45) is 22.4. The smallest absolute Gasteiger partial charge is 0.188 e. The Morgan fingerprint density at radius 2 is 1.07 bits per heavy atom. The van der Waals surface area contributed by atoms with Crippen LogP contribution in [0, 0.1) is 5.92 Å². The van der Waals surface area contributed by atoms with Crippen LogP contribution in [0.3, 0.4) is 0 Å². The van der Waals surface area contributed by atoms with E-state index in [4.69, 9.17) is 15.2 Å². The van der Waals surface area contributed by atoms with Crippen molar-refractivity contribution in [3.8, 4) is 0 Å². The van der Waals surface area contributed by atoms with Crippen molar-refractivity contribution in [2.75, 3.05) is 6.61 Å². The highest BCUT2D eigenvalue weighted by Gasteiger charge is 2.41. The molecule has 0 aliphatic carbocycles. The van der Waals surface area contributed by atoms with Crippen molar-refractivity contribution in [3.63, 3.8) is 0 Å². The van der Waals surface area contributed by atoms with Gasteiger partial charge in [-0.05, 0) is 12.8 Å². The molecule has 1 heterocycles. The highest BCUT2D eigenvalue weighted by molar-refractivity contribution is 5.82. The second-order valence-corrected chi connectivity index (χ2v) is 13.7. The number of Topliss-reactive ketones (excluding diaryl/α,β-unsaturated/α-hetero) is 1. The fourth-order valence-electron chi connectivity index (χ4n) is 6.44. The maximum atomic E-state index is 13.3. The van der Waals surface area contributed by atoms with Crippen molar-refractivity contribution in [2.24, 2.45) is 11.7 Å². The molecule has 1 aliphatic rings. The Labute approximate surface area is 276 Å². The minimum Gasteiger partial charge on any atom is -0.392 e. The molecule has 45 heavy (non-hydrogen) atoms. The van der Waals surface area contributed by atoms with E-state index in [2.05, 4.69) is 13.8 Å². The summed E-state index contributed by atoms with van der Waals surface area (Å²) in [5.41, 5.74) is 6.33. The maximum absolute atomic E-state index is 13.3. The van der Waals surface area contributed by atoms with Crippen molar-refractivity contribution in [3.05, 3.63) is 0 Å². The van der Waals surface area contributed by atoms with Crippen molar-refractivity contribution < 1.29 is 34.7 Å². The summed E-state index contributed by atoms with van der Waals surface area (Å²) in [6.45, 7) is 4.28. The zero-order valence-corrected chi connectivity index (χ0v) is 29.2. The number of rotatable bonds is 31. The van der Waals surface area contributed by atoms with Gasteiger partial charge in [-0.2, -0.15) is 0 Å². The van der Waals surface area contributed by atoms with Crippen LogP contribution in [0.1, 0.15) is 181 Å². The van der Waals surface area contributed by atoms with Gasteiger partial charge in [-0.1, -0.05) is 162 Å². The van der Waals surface area contributed by atoms with Crippen LogP contribution in [0.5, 0.6) is 0 Å². The van der Waals surface area contributed by atoms with E-state index >= 15 is 0 Å². The molecule has 0 aromatic rings. The Bertz CT molecular complexity index is 681. The van der Waals surface area contributed by atoms with Crippen molar-refractivity contribution >= 4 is 5.78 Å². The van der Waals surface area contributed by atoms with Crippen LogP contribution in [-0.2, 0) is 14.3 Å². The van der Waals surface area contributed by atoms with Crippen LogP contribution in [0.25, 0.3) is 0 Å². The van der Waals surface area contributed by atoms with Crippen LogP contribution >= 0.6 is 0 Å². The number of aliphatic hydroxyl groups is 4. The zero-order chi connectivity index (χ0) is 33.1. The molecule has 0 aromatic carbocycles. The fourth-order valence-corrected chi connectivity index (χ4v) is 6.44. The molecule has 0 radical (unpaired) electrons. The van der Waals surface area contributed by atoms with Crippen molar-refractivity contribution in [1.82, 2.24) is 0 Å². The van der Waals surface area contributed by atoms with E-state index in [-0.39, 0.29) is 12.4 Å². The van der Waals surface area contributed by atoms with Gasteiger partial charge in [-0.15, -0.1) is 0 Å². The number of aliphatic hydroxyl groups excluding tert-OH is 4. The third-order valence-corrected chi connectivity index (χ3v) is 9.52. The molecule has 1 aliphatic heterocycles. The number of hydrogen-bond donors (Lipinski definition) is 5. The molecular weight excluding hydrogens is 570 g/mol. The monoisotopic (exact) mass is 644 g/mol. The summed E-state index contributed by atoms with van der Waals surface area (Å²) in [6, 6.07) is 0. The van der Waals surface area contributed by atoms with E-state index in [1.54, 1.807) is 0 Å². The molecule has 0 bridgehead atoms. The minimum absolute atomic E-state index is 0.133. The molecule has 1 unspecified atom stereocenters. The number of ketones is 1. The Balaban J connectivity index is 2.42. The van der Waals surface area contributed by atoms with Gasteiger partial charge in [0, 0.05) is 6.42 Å². The third kappa shape index (κ3) is 20.4. The highest BCUT2D eigenvalue weighted by atomic mass is 16.7. The van der Waals surface area contributed by atoms with Gasteiger partial charge in [0.05, 0.1) is 18.6 Å². The molecule has 0 saturated carbocycles. The predicted molar refractivity (Wildman–Crippen MR) is 183 cm³/mol. The van der Waals surface area contributed by atoms with E-state index < -0.39 is 42.9 Å². The highest BCUT2D eigenvalue weighted by Crippen LogP contribution is 2.25. The lowest BCUT2D eigenvalue weighted by Gasteiger charge is -2.37. The normalized spacial score (nSPS) is 22.4. The van der Waals surface area contributed by atoms with E-state index in [9.17, 15) is 25.2 Å². The molecule has 0 spiro atoms. The quantitative estimate of drug-likeness (QED) is 0.0387. The standard InChI is InChI=1S/C37H73NO7/c1-3-5-7-9-11-13-15-16-18-20-22-24-26-28-31(40)33(36(38)45-37-35(43)34(42)32(41)29-44-37)30(39)27-25-23-21-19-17-14-12-10-8-6-4-2/h31-37,40-43H,3-29,38H2,1-2H3/t31-,32+,33+,34+,35-,36?,37-/m1/s1. The topological polar surface area (TPSA) is 142 Å². The third-order valence-electron chi connectivity index (χ3n) is 9.52. The Morgan fingerprint density at radius 3 is 1.51 bits per heavy atom. The Hall–Kier alpha value is -0.610. The van der Waals surface area contributed by atoms with E-state index in [0.29, 0.717) is 12.8 Å². The van der Waals surface area contributed by atoms with E-state index in [1.807, 2.05) is 0 Å². The number of ether oxygens (including phenoxy) is 2. The molecule has 1 fully saturated rings. The van der Waals surface area contributed by atoms with Crippen molar-refractivity contribution in [1.29, 1.82) is 0 Å². The Kier molecular flexibility index (Phi) is 26.8. The van der Waals surface area contributed by atoms with Gasteiger partial charge in [-0.3, -0.25) is 4.79 Å². The van der Waals surface area contributed by atoms with Crippen LogP contribution < -0.4 is 5.73 Å². The molecule has 7 atom stereocenters. The second-order valence-electron chi connectivity index (χ2n) is 13.7. The predicted octanol–water partition coefficient (Wildman–Crippen LogP) is 7.46. The number of unbranched alkanes of at least 4 members (excludes halogenated alkanes) is 22. The maximum Gasteiger partial charge on any atom is 0.188 e. The number of nitrogens with two attached hydrogens (primary N) is 1. The number of carbonyl (C=O) groups is 1. The van der Waals surface area contributed by atoms with Crippen LogP contribution in [0.4, 0.5) is 0 Å². The van der Waals surface area contributed by atoms with E-state index in [0.717, 1.165) is 38.5 Å². The second kappa shape index (κ2) is 28.4. The summed E-state index contributed by atoms with van der Waals surface area (Å²) in [4.78, 5) is 13.3. The zero-order valence-electron chi connectivity index (χ0n) is 29.2. The molecule has 0 aromatic heterocycles. The molecule has 1 rings (SSSR count). The molecule has 0 amide bonds. The summed E-state index contributed by atoms with van der Waals surface area (Å²) in [7, 11) is 0. The first kappa shape index (κ1) is 42.4. The van der Waals surface area contributed by atoms with Crippen molar-refractivity contribution in [2.45, 2.75) is 218 Å². The summed E-state index contributed by atoms with van der Waals surface area (Å²) >= 11 is 0. The molecule has 6 N–H and O–H groups in total. The number of carbonyl (C=O) groups excluding carboxylic acids is 1. The van der Waals surface area contributed by atoms with Gasteiger partial charge in [0.15, 0.2) is 6.29 Å². The molecular formula is C37H73NO7. The minimum atomic E-state index is -1.50. The molecule has 8 heteroatoms. The lowest BCUT2D eigenvalue weighted by atomic mass is 9.88. The van der Waals surface area contributed by atoms with Gasteiger partial charge in [0.1, 0.15) is 30.3 Å². The molecule has 268 valence electrons. The van der Waals surface area contributed by atoms with Crippen LogP contribution in [0.15, 0.2) is 0 Å². The van der Waals surface area contributed by atoms with Gasteiger partial charge in [0.2, 0.25) is 0 Å². The summed E-state index contributed by atoms with van der Waals surface area (Å²) in [5, 5.41) is 41.2. The lowest BCUT2D eigenvalue weighted by molar-refractivity contribution is -0.287. The Morgan fingerprint density at radius 1 is 0.667 bits per heavy atom. The first-order valence-corrected chi connectivity index (χ1v) is 19.1. The fraction of sp³-hybridized carbons (Fsp3) is 0.973. The molecule has 1 saturated heterocycles. The van der Waals surface area contributed by atoms with E-state index in [1.165, 1.54) is 116 Å². The van der Waals surface area contributed by atoms with Crippen LogP contribution in [-0.4, -0.2) is 69.8 Å². The first-order valence-electron chi connectivity index (χ1n) is 19.1. The average molecular weight is 644 g/mol. The van der Waals surface area contributed by atoms with Gasteiger partial charge < -0.3 is 35.6 Å². The van der Waals surface area contributed by atoms with Crippen LogP contribution in [0.2, 0.25) is 0 Å². The summed E-state index contributed by atoms with van der Waals surface area (Å²) < 4.78 is 11.1. The van der Waals surface area contributed by atoms with Gasteiger partial charge in [-0.25, -0.2) is 0 Å². The SMILES string of the molecule is CCCCCCCCCCCCCCC[C@@H](O)[C@H](C(=O)CCCCCCCCCCCCC)C(N)O[C@H]1OC[C@H](O)[C@H](O)[C@H]1O. The number of hydrogen-bond acceptors (Lipinski definition) is 8.